The summed E-state index contributed by atoms with van der Waals surface area (Å²) in [7, 11) is -3.67. The molecule has 4 rings (SSSR count). The van der Waals surface area contributed by atoms with Gasteiger partial charge in [0.25, 0.3) is 5.91 Å². The van der Waals surface area contributed by atoms with Crippen LogP contribution in [0.15, 0.2) is 53.4 Å². The van der Waals surface area contributed by atoms with Crippen LogP contribution in [-0.4, -0.2) is 63.0 Å². The number of urea groups is 1. The maximum absolute atomic E-state index is 13.0. The standard InChI is InChI=1S/C22H26N4O5S/c1-15-13-25(14-16(2)31-15)32(29,30)20-8-6-17(7-9-20)21(27)24-18-4-3-5-19(12-18)26-11-10-23-22(26)28/h3-9,12,15-16H,10-11,13-14H2,1-2H3,(H,23,28)(H,24,27)/t15-,16-/m0/s1. The molecular weight excluding hydrogens is 432 g/mol. The highest BCUT2D eigenvalue weighted by molar-refractivity contribution is 7.89. The van der Waals surface area contributed by atoms with Crippen molar-refractivity contribution in [1.29, 1.82) is 0 Å². The molecule has 2 heterocycles. The Labute approximate surface area is 187 Å². The second kappa shape index (κ2) is 8.89. The van der Waals surface area contributed by atoms with Crippen molar-refractivity contribution < 1.29 is 22.7 Å². The summed E-state index contributed by atoms with van der Waals surface area (Å²) in [6, 6.07) is 12.7. The van der Waals surface area contributed by atoms with Crippen LogP contribution in [0.4, 0.5) is 16.2 Å². The first-order valence-corrected chi connectivity index (χ1v) is 11.9. The lowest BCUT2D eigenvalue weighted by atomic mass is 10.2. The molecule has 2 saturated heterocycles. The van der Waals surface area contributed by atoms with Gasteiger partial charge in [0.1, 0.15) is 0 Å². The number of rotatable bonds is 5. The topological polar surface area (TPSA) is 108 Å². The number of carbonyl (C=O) groups is 2. The second-order valence-corrected chi connectivity index (χ2v) is 9.93. The molecular formula is C22H26N4O5S. The van der Waals surface area contributed by atoms with Crippen molar-refractivity contribution in [2.75, 3.05) is 36.4 Å². The molecule has 0 radical (unpaired) electrons. The minimum atomic E-state index is -3.67. The van der Waals surface area contributed by atoms with Crippen LogP contribution in [0, 0.1) is 0 Å². The third kappa shape index (κ3) is 4.62. The van der Waals surface area contributed by atoms with Crippen molar-refractivity contribution in [2.24, 2.45) is 0 Å². The third-order valence-corrected chi connectivity index (χ3v) is 7.26. The number of hydrogen-bond acceptors (Lipinski definition) is 5. The van der Waals surface area contributed by atoms with E-state index in [0.29, 0.717) is 43.1 Å². The fourth-order valence-electron chi connectivity index (χ4n) is 3.93. The first-order chi connectivity index (χ1) is 15.2. The van der Waals surface area contributed by atoms with Crippen molar-refractivity contribution >= 4 is 33.3 Å². The second-order valence-electron chi connectivity index (χ2n) is 7.99. The summed E-state index contributed by atoms with van der Waals surface area (Å²) < 4.78 is 33.0. The van der Waals surface area contributed by atoms with Crippen LogP contribution >= 0.6 is 0 Å². The molecule has 2 atom stereocenters. The zero-order chi connectivity index (χ0) is 22.9. The Hall–Kier alpha value is -2.95. The summed E-state index contributed by atoms with van der Waals surface area (Å²) in [5, 5.41) is 5.54. The minimum absolute atomic E-state index is 0.136. The Morgan fingerprint density at radius 1 is 1.09 bits per heavy atom. The first kappa shape index (κ1) is 22.3. The molecule has 2 aliphatic heterocycles. The Bertz CT molecular complexity index is 1110. The molecule has 0 bridgehead atoms. The Morgan fingerprint density at radius 2 is 1.78 bits per heavy atom. The number of ether oxygens (including phenoxy) is 1. The molecule has 32 heavy (non-hydrogen) atoms. The van der Waals surface area contributed by atoms with E-state index >= 15 is 0 Å². The Morgan fingerprint density at radius 3 is 2.41 bits per heavy atom. The van der Waals surface area contributed by atoms with Crippen molar-refractivity contribution in [3.05, 3.63) is 54.1 Å². The van der Waals surface area contributed by atoms with Crippen molar-refractivity contribution in [2.45, 2.75) is 31.0 Å². The summed E-state index contributed by atoms with van der Waals surface area (Å²) in [4.78, 5) is 26.3. The van der Waals surface area contributed by atoms with E-state index in [1.807, 2.05) is 13.8 Å². The van der Waals surface area contributed by atoms with Gasteiger partial charge >= 0.3 is 6.03 Å². The monoisotopic (exact) mass is 458 g/mol. The maximum Gasteiger partial charge on any atom is 0.321 e. The molecule has 10 heteroatoms. The lowest BCUT2D eigenvalue weighted by molar-refractivity contribution is -0.0440. The molecule has 0 aromatic heterocycles. The van der Waals surface area contributed by atoms with Crippen LogP contribution in [-0.2, 0) is 14.8 Å². The molecule has 0 spiro atoms. The highest BCUT2D eigenvalue weighted by atomic mass is 32.2. The van der Waals surface area contributed by atoms with E-state index < -0.39 is 10.0 Å². The summed E-state index contributed by atoms with van der Waals surface area (Å²) >= 11 is 0. The number of nitrogens with zero attached hydrogens (tertiary/aromatic N) is 2. The van der Waals surface area contributed by atoms with Gasteiger partial charge in [-0.3, -0.25) is 9.69 Å². The van der Waals surface area contributed by atoms with Gasteiger partial charge in [0.15, 0.2) is 0 Å². The number of nitrogens with one attached hydrogen (secondary N) is 2. The van der Waals surface area contributed by atoms with Crippen LogP contribution < -0.4 is 15.5 Å². The number of sulfonamides is 1. The summed E-state index contributed by atoms with van der Waals surface area (Å²) in [5.74, 6) is -0.370. The molecule has 170 valence electrons. The summed E-state index contributed by atoms with van der Waals surface area (Å²) in [5.41, 5.74) is 1.56. The van der Waals surface area contributed by atoms with Crippen LogP contribution in [0.2, 0.25) is 0 Å². The number of carbonyl (C=O) groups excluding carboxylic acids is 2. The van der Waals surface area contributed by atoms with E-state index in [-0.39, 0.29) is 29.0 Å². The smallest absolute Gasteiger partial charge is 0.321 e. The summed E-state index contributed by atoms with van der Waals surface area (Å²) in [6.07, 6.45) is -0.359. The van der Waals surface area contributed by atoms with Crippen molar-refractivity contribution in [3.8, 4) is 0 Å². The van der Waals surface area contributed by atoms with Gasteiger partial charge in [0.2, 0.25) is 10.0 Å². The molecule has 0 unspecified atom stereocenters. The van der Waals surface area contributed by atoms with Crippen LogP contribution in [0.5, 0.6) is 0 Å². The van der Waals surface area contributed by atoms with Gasteiger partial charge in [0.05, 0.1) is 17.1 Å². The number of morpholine rings is 1. The molecule has 2 aromatic carbocycles. The van der Waals surface area contributed by atoms with Gasteiger partial charge < -0.3 is 15.4 Å². The molecule has 3 amide bonds. The fraction of sp³-hybridized carbons (Fsp3) is 0.364. The van der Waals surface area contributed by atoms with E-state index in [1.165, 1.54) is 28.6 Å². The Balaban J connectivity index is 1.46. The Kier molecular flexibility index (Phi) is 6.18. The zero-order valence-electron chi connectivity index (χ0n) is 17.9. The molecule has 0 saturated carbocycles. The van der Waals surface area contributed by atoms with Crippen LogP contribution in [0.3, 0.4) is 0 Å². The fourth-order valence-corrected chi connectivity index (χ4v) is 5.52. The van der Waals surface area contributed by atoms with E-state index in [1.54, 1.807) is 29.2 Å². The molecule has 9 nitrogen and oxygen atoms in total. The number of hydrogen-bond donors (Lipinski definition) is 2. The number of benzene rings is 2. The van der Waals surface area contributed by atoms with E-state index in [4.69, 9.17) is 4.74 Å². The highest BCUT2D eigenvalue weighted by Gasteiger charge is 2.32. The van der Waals surface area contributed by atoms with Gasteiger partial charge in [-0.15, -0.1) is 0 Å². The van der Waals surface area contributed by atoms with Gasteiger partial charge in [0, 0.05) is 43.1 Å². The average molecular weight is 459 g/mol. The maximum atomic E-state index is 13.0. The number of amides is 3. The lowest BCUT2D eigenvalue weighted by Gasteiger charge is -2.34. The number of anilines is 2. The lowest BCUT2D eigenvalue weighted by Crippen LogP contribution is -2.48. The third-order valence-electron chi connectivity index (χ3n) is 5.41. The predicted molar refractivity (Wildman–Crippen MR) is 120 cm³/mol. The largest absolute Gasteiger partial charge is 0.373 e. The van der Waals surface area contributed by atoms with Gasteiger partial charge in [-0.1, -0.05) is 6.07 Å². The predicted octanol–water partition coefficient (Wildman–Crippen LogP) is 2.27. The van der Waals surface area contributed by atoms with Gasteiger partial charge in [-0.2, -0.15) is 4.31 Å². The van der Waals surface area contributed by atoms with E-state index in [0.717, 1.165) is 0 Å². The minimum Gasteiger partial charge on any atom is -0.373 e. The van der Waals surface area contributed by atoms with Gasteiger partial charge in [-0.25, -0.2) is 13.2 Å². The molecule has 2 aromatic rings. The average Bonchev–Trinajstić information content (AvgIpc) is 3.19. The highest BCUT2D eigenvalue weighted by Crippen LogP contribution is 2.23. The zero-order valence-corrected chi connectivity index (χ0v) is 18.8. The molecule has 2 aliphatic rings. The van der Waals surface area contributed by atoms with Crippen LogP contribution in [0.1, 0.15) is 24.2 Å². The van der Waals surface area contributed by atoms with E-state index in [9.17, 15) is 18.0 Å². The quantitative estimate of drug-likeness (QED) is 0.715. The normalized spacial score (nSPS) is 21.9. The van der Waals surface area contributed by atoms with Crippen LogP contribution in [0.25, 0.3) is 0 Å². The summed E-state index contributed by atoms with van der Waals surface area (Å²) in [6.45, 7) is 5.41. The SMILES string of the molecule is C[C@H]1CN(S(=O)(=O)c2ccc(C(=O)Nc3cccc(N4CCNC4=O)c3)cc2)C[C@H](C)O1. The van der Waals surface area contributed by atoms with Crippen molar-refractivity contribution in [3.63, 3.8) is 0 Å². The molecule has 2 fully saturated rings. The van der Waals surface area contributed by atoms with Crippen molar-refractivity contribution in [1.82, 2.24) is 9.62 Å². The first-order valence-electron chi connectivity index (χ1n) is 10.5. The molecule has 2 N–H and O–H groups in total. The molecule has 0 aliphatic carbocycles. The van der Waals surface area contributed by atoms with Gasteiger partial charge in [-0.05, 0) is 56.3 Å². The van der Waals surface area contributed by atoms with E-state index in [2.05, 4.69) is 10.6 Å².